The highest BCUT2D eigenvalue weighted by Crippen LogP contribution is 2.21. The van der Waals surface area contributed by atoms with Crippen LogP contribution in [0.5, 0.6) is 0 Å². The largest absolute Gasteiger partial charge is 0.279 e. The lowest BCUT2D eigenvalue weighted by molar-refractivity contribution is 0.0954. The van der Waals surface area contributed by atoms with Crippen LogP contribution < -0.4 is 10.1 Å². The van der Waals surface area contributed by atoms with Crippen molar-refractivity contribution in [1.82, 2.24) is 5.43 Å². The van der Waals surface area contributed by atoms with Crippen LogP contribution in [-0.4, -0.2) is 20.0 Å². The molecule has 28 heavy (non-hydrogen) atoms. The Hall–Kier alpha value is -2.93. The van der Waals surface area contributed by atoms with E-state index in [-0.39, 0.29) is 10.5 Å². The van der Waals surface area contributed by atoms with Gasteiger partial charge in [0.2, 0.25) is 0 Å². The first-order chi connectivity index (χ1) is 13.2. The van der Waals surface area contributed by atoms with E-state index in [2.05, 4.69) is 15.2 Å². The van der Waals surface area contributed by atoms with Crippen LogP contribution in [0.4, 0.5) is 5.69 Å². The van der Waals surface area contributed by atoms with Crippen molar-refractivity contribution < 1.29 is 13.2 Å². The van der Waals surface area contributed by atoms with Crippen molar-refractivity contribution in [3.63, 3.8) is 0 Å². The van der Waals surface area contributed by atoms with E-state index in [1.165, 1.54) is 23.8 Å². The monoisotopic (exact) mass is 397 g/mol. The second kappa shape index (κ2) is 7.98. The summed E-state index contributed by atoms with van der Waals surface area (Å²) < 4.78 is 28.1. The van der Waals surface area contributed by atoms with E-state index >= 15 is 0 Å². The standard InChI is InChI=1S/C21H23N3O3S/c1-14-8-10-20(16(3)11-14)24-28(26,27)19-6-4-5-17(13-19)21(25)23-22-18-9-7-15(2)12-18/h4-6,8,10-13,24H,7,9H2,1-3H3,(H,23,25)/b22-18+. The number of carbonyl (C=O) groups is 1. The topological polar surface area (TPSA) is 87.6 Å². The highest BCUT2D eigenvalue weighted by Gasteiger charge is 2.17. The first-order valence-electron chi connectivity index (χ1n) is 8.99. The first kappa shape index (κ1) is 19.8. The fraction of sp³-hybridized carbons (Fsp3) is 0.238. The lowest BCUT2D eigenvalue weighted by atomic mass is 10.1. The average molecular weight is 398 g/mol. The van der Waals surface area contributed by atoms with Crippen molar-refractivity contribution in [2.75, 3.05) is 4.72 Å². The van der Waals surface area contributed by atoms with Crippen LogP contribution in [0.2, 0.25) is 0 Å². The molecule has 0 unspecified atom stereocenters. The first-order valence-corrected chi connectivity index (χ1v) is 10.5. The van der Waals surface area contributed by atoms with E-state index in [1.807, 2.05) is 39.0 Å². The summed E-state index contributed by atoms with van der Waals surface area (Å²) >= 11 is 0. The lowest BCUT2D eigenvalue weighted by Crippen LogP contribution is -2.20. The van der Waals surface area contributed by atoms with Gasteiger partial charge in [-0.05, 0) is 69.5 Å². The van der Waals surface area contributed by atoms with E-state index in [4.69, 9.17) is 0 Å². The molecule has 1 aliphatic rings. The fourth-order valence-corrected chi connectivity index (χ4v) is 4.14. The van der Waals surface area contributed by atoms with Gasteiger partial charge in [-0.3, -0.25) is 9.52 Å². The molecule has 0 aliphatic heterocycles. The average Bonchev–Trinajstić information content (AvgIpc) is 3.07. The van der Waals surface area contributed by atoms with E-state index in [0.717, 1.165) is 29.7 Å². The van der Waals surface area contributed by atoms with E-state index in [1.54, 1.807) is 12.1 Å². The van der Waals surface area contributed by atoms with Crippen molar-refractivity contribution >= 4 is 27.3 Å². The summed E-state index contributed by atoms with van der Waals surface area (Å²) in [6, 6.07) is 11.4. The number of rotatable bonds is 5. The molecule has 6 nitrogen and oxygen atoms in total. The van der Waals surface area contributed by atoms with E-state index < -0.39 is 15.9 Å². The van der Waals surface area contributed by atoms with Crippen LogP contribution in [0, 0.1) is 13.8 Å². The maximum atomic E-state index is 12.7. The number of benzene rings is 2. The summed E-state index contributed by atoms with van der Waals surface area (Å²) in [5.41, 5.74) is 7.14. The summed E-state index contributed by atoms with van der Waals surface area (Å²) in [5.74, 6) is -0.450. The number of sulfonamides is 1. The molecule has 0 saturated carbocycles. The summed E-state index contributed by atoms with van der Waals surface area (Å²) in [4.78, 5) is 12.4. The van der Waals surface area contributed by atoms with Gasteiger partial charge in [0.15, 0.2) is 0 Å². The van der Waals surface area contributed by atoms with Gasteiger partial charge in [0, 0.05) is 5.56 Å². The molecule has 0 heterocycles. The van der Waals surface area contributed by atoms with Gasteiger partial charge in [0.25, 0.3) is 15.9 Å². The number of nitrogens with one attached hydrogen (secondary N) is 2. The smallest absolute Gasteiger partial charge is 0.271 e. The van der Waals surface area contributed by atoms with Crippen LogP contribution in [-0.2, 0) is 10.0 Å². The van der Waals surface area contributed by atoms with Gasteiger partial charge in [0.05, 0.1) is 16.3 Å². The maximum Gasteiger partial charge on any atom is 0.271 e. The number of hydrogen-bond acceptors (Lipinski definition) is 4. The molecule has 2 aromatic rings. The van der Waals surface area contributed by atoms with Gasteiger partial charge < -0.3 is 0 Å². The molecule has 0 radical (unpaired) electrons. The van der Waals surface area contributed by atoms with Crippen molar-refractivity contribution in [3.05, 3.63) is 70.8 Å². The Bertz CT molecular complexity index is 1090. The fourth-order valence-electron chi connectivity index (χ4n) is 2.97. The second-order valence-corrected chi connectivity index (χ2v) is 8.67. The molecule has 1 amide bonds. The summed E-state index contributed by atoms with van der Waals surface area (Å²) in [5, 5.41) is 4.10. The predicted octanol–water partition coefficient (Wildman–Crippen LogP) is 3.93. The zero-order chi connectivity index (χ0) is 20.3. The molecule has 1 aliphatic carbocycles. The molecule has 0 bridgehead atoms. The summed E-state index contributed by atoms with van der Waals surface area (Å²) in [6.07, 6.45) is 3.67. The van der Waals surface area contributed by atoms with E-state index in [9.17, 15) is 13.2 Å². The normalized spacial score (nSPS) is 15.4. The zero-order valence-electron chi connectivity index (χ0n) is 16.1. The summed E-state index contributed by atoms with van der Waals surface area (Å²) in [6.45, 7) is 5.80. The van der Waals surface area contributed by atoms with Gasteiger partial charge >= 0.3 is 0 Å². The van der Waals surface area contributed by atoms with Crippen molar-refractivity contribution in [3.8, 4) is 0 Å². The number of nitrogens with zero attached hydrogens (tertiary/aromatic N) is 1. The minimum Gasteiger partial charge on any atom is -0.279 e. The molecular weight excluding hydrogens is 374 g/mol. The number of hydrazone groups is 1. The molecule has 0 atom stereocenters. The van der Waals surface area contributed by atoms with Crippen molar-refractivity contribution in [2.45, 2.75) is 38.5 Å². The van der Waals surface area contributed by atoms with Crippen LogP contribution in [0.15, 0.2) is 64.1 Å². The quantitative estimate of drug-likeness (QED) is 0.750. The van der Waals surface area contributed by atoms with Gasteiger partial charge in [-0.1, -0.05) is 29.3 Å². The molecule has 0 fully saturated rings. The summed E-state index contributed by atoms with van der Waals surface area (Å²) in [7, 11) is -3.82. The minimum absolute atomic E-state index is 0.0179. The van der Waals surface area contributed by atoms with Gasteiger partial charge in [-0.25, -0.2) is 13.8 Å². The number of aryl methyl sites for hydroxylation is 2. The van der Waals surface area contributed by atoms with Gasteiger partial charge in [-0.2, -0.15) is 5.10 Å². The maximum absolute atomic E-state index is 12.7. The molecule has 0 spiro atoms. The third-order valence-electron chi connectivity index (χ3n) is 4.52. The number of anilines is 1. The van der Waals surface area contributed by atoms with Crippen molar-refractivity contribution in [1.29, 1.82) is 0 Å². The zero-order valence-corrected chi connectivity index (χ0v) is 16.9. The lowest BCUT2D eigenvalue weighted by Gasteiger charge is -2.12. The Kier molecular flexibility index (Phi) is 5.65. The molecule has 2 N–H and O–H groups in total. The Morgan fingerprint density at radius 3 is 2.50 bits per heavy atom. The third kappa shape index (κ3) is 4.67. The molecule has 7 heteroatoms. The highest BCUT2D eigenvalue weighted by molar-refractivity contribution is 7.92. The number of carbonyl (C=O) groups excluding carboxylic acids is 1. The molecule has 0 aromatic heterocycles. The van der Waals surface area contributed by atoms with Crippen LogP contribution in [0.1, 0.15) is 41.3 Å². The Balaban J connectivity index is 1.78. The molecule has 3 rings (SSSR count). The number of amides is 1. The molecule has 146 valence electrons. The van der Waals surface area contributed by atoms with Crippen LogP contribution >= 0.6 is 0 Å². The van der Waals surface area contributed by atoms with E-state index in [0.29, 0.717) is 5.69 Å². The second-order valence-electron chi connectivity index (χ2n) is 6.99. The Morgan fingerprint density at radius 1 is 1.04 bits per heavy atom. The third-order valence-corrected chi connectivity index (χ3v) is 5.89. The molecular formula is C21H23N3O3S. The number of allylic oxidation sites excluding steroid dienone is 2. The van der Waals surface area contributed by atoms with Gasteiger partial charge in [0.1, 0.15) is 0 Å². The van der Waals surface area contributed by atoms with Crippen molar-refractivity contribution in [2.24, 2.45) is 5.10 Å². The highest BCUT2D eigenvalue weighted by atomic mass is 32.2. The molecule has 2 aromatic carbocycles. The van der Waals surface area contributed by atoms with Crippen LogP contribution in [0.3, 0.4) is 0 Å². The molecule has 0 saturated heterocycles. The van der Waals surface area contributed by atoms with Crippen LogP contribution in [0.25, 0.3) is 0 Å². The Morgan fingerprint density at radius 2 is 1.82 bits per heavy atom. The van der Waals surface area contributed by atoms with Gasteiger partial charge in [-0.15, -0.1) is 0 Å². The Labute approximate surface area is 165 Å². The predicted molar refractivity (Wildman–Crippen MR) is 111 cm³/mol. The number of hydrogen-bond donors (Lipinski definition) is 2. The minimum atomic E-state index is -3.82. The SMILES string of the molecule is CC1=C/C(=N/NC(=O)c2cccc(S(=O)(=O)Nc3ccc(C)cc3C)c2)CC1.